The molecule has 0 fully saturated rings. The summed E-state index contributed by atoms with van der Waals surface area (Å²) >= 11 is 0. The van der Waals surface area contributed by atoms with E-state index in [1.807, 2.05) is 0 Å². The van der Waals surface area contributed by atoms with Crippen molar-refractivity contribution in [3.63, 3.8) is 0 Å². The quantitative estimate of drug-likeness (QED) is 0.770. The van der Waals surface area contributed by atoms with Crippen molar-refractivity contribution in [1.29, 1.82) is 0 Å². The van der Waals surface area contributed by atoms with Crippen molar-refractivity contribution in [2.75, 3.05) is 19.5 Å². The van der Waals surface area contributed by atoms with Crippen LogP contribution in [0, 0.1) is 0 Å². The number of nitrogens with two attached hydrogens (primary N) is 1. The molecule has 6 heteroatoms. The minimum absolute atomic E-state index is 0.0317. The Morgan fingerprint density at radius 3 is 2.88 bits per heavy atom. The molecule has 0 saturated heterocycles. The SMILES string of the molecule is COCC(C)Oc1ncc(C(=O)O)cc1N. The van der Waals surface area contributed by atoms with E-state index >= 15 is 0 Å². The summed E-state index contributed by atoms with van der Waals surface area (Å²) in [6.07, 6.45) is 1.00. The molecule has 1 aromatic heterocycles. The zero-order valence-corrected chi connectivity index (χ0v) is 9.14. The average molecular weight is 226 g/mol. The van der Waals surface area contributed by atoms with Crippen LogP contribution in [0.4, 0.5) is 5.69 Å². The molecule has 16 heavy (non-hydrogen) atoms. The molecule has 0 spiro atoms. The van der Waals surface area contributed by atoms with Gasteiger partial charge in [0.2, 0.25) is 5.88 Å². The highest BCUT2D eigenvalue weighted by atomic mass is 16.5. The van der Waals surface area contributed by atoms with E-state index in [1.165, 1.54) is 12.3 Å². The predicted molar refractivity (Wildman–Crippen MR) is 57.6 cm³/mol. The number of hydrogen-bond donors (Lipinski definition) is 2. The van der Waals surface area contributed by atoms with E-state index in [4.69, 9.17) is 20.3 Å². The average Bonchev–Trinajstić information content (AvgIpc) is 2.21. The Hall–Kier alpha value is -1.82. The normalized spacial score (nSPS) is 12.1. The maximum absolute atomic E-state index is 10.6. The second-order valence-corrected chi connectivity index (χ2v) is 3.31. The van der Waals surface area contributed by atoms with E-state index in [0.717, 1.165) is 0 Å². The lowest BCUT2D eigenvalue weighted by atomic mass is 10.2. The molecule has 0 saturated carbocycles. The third-order valence-corrected chi connectivity index (χ3v) is 1.84. The summed E-state index contributed by atoms with van der Waals surface area (Å²) in [5, 5.41) is 8.71. The summed E-state index contributed by atoms with van der Waals surface area (Å²) in [4.78, 5) is 14.5. The predicted octanol–water partition coefficient (Wildman–Crippen LogP) is 0.776. The van der Waals surface area contributed by atoms with Crippen LogP contribution in [0.5, 0.6) is 5.88 Å². The summed E-state index contributed by atoms with van der Waals surface area (Å²) in [6.45, 7) is 2.21. The second kappa shape index (κ2) is 5.32. The number of aromatic nitrogens is 1. The van der Waals surface area contributed by atoms with Crippen LogP contribution in [0.25, 0.3) is 0 Å². The Kier molecular flexibility index (Phi) is 4.07. The van der Waals surface area contributed by atoms with Crippen molar-refractivity contribution in [3.8, 4) is 5.88 Å². The zero-order valence-electron chi connectivity index (χ0n) is 9.14. The third kappa shape index (κ3) is 3.09. The molecule has 0 bridgehead atoms. The maximum Gasteiger partial charge on any atom is 0.337 e. The summed E-state index contributed by atoms with van der Waals surface area (Å²) in [5.41, 5.74) is 5.84. The fourth-order valence-electron chi connectivity index (χ4n) is 1.14. The number of carboxylic acids is 1. The summed E-state index contributed by atoms with van der Waals surface area (Å²) in [7, 11) is 1.56. The number of methoxy groups -OCH3 is 1. The van der Waals surface area contributed by atoms with Gasteiger partial charge in [-0.2, -0.15) is 0 Å². The van der Waals surface area contributed by atoms with Gasteiger partial charge in [-0.15, -0.1) is 0 Å². The molecule has 1 heterocycles. The maximum atomic E-state index is 10.6. The van der Waals surface area contributed by atoms with E-state index in [1.54, 1.807) is 14.0 Å². The van der Waals surface area contributed by atoms with Crippen LogP contribution in [-0.4, -0.2) is 35.9 Å². The van der Waals surface area contributed by atoms with E-state index in [0.29, 0.717) is 6.61 Å². The number of nitrogen functional groups attached to an aromatic ring is 1. The molecule has 1 unspecified atom stereocenters. The van der Waals surface area contributed by atoms with Gasteiger partial charge >= 0.3 is 5.97 Å². The highest BCUT2D eigenvalue weighted by molar-refractivity contribution is 5.88. The zero-order chi connectivity index (χ0) is 12.1. The molecule has 0 aromatic carbocycles. The molecule has 6 nitrogen and oxygen atoms in total. The lowest BCUT2D eigenvalue weighted by Gasteiger charge is -2.14. The van der Waals surface area contributed by atoms with Gasteiger partial charge in [-0.1, -0.05) is 0 Å². The van der Waals surface area contributed by atoms with Gasteiger partial charge in [-0.25, -0.2) is 9.78 Å². The summed E-state index contributed by atoms with van der Waals surface area (Å²) in [6, 6.07) is 1.31. The van der Waals surface area contributed by atoms with Gasteiger partial charge in [-0.3, -0.25) is 0 Å². The Morgan fingerprint density at radius 1 is 1.69 bits per heavy atom. The van der Waals surface area contributed by atoms with Gasteiger partial charge in [0.1, 0.15) is 6.10 Å². The largest absolute Gasteiger partial charge is 0.478 e. The van der Waals surface area contributed by atoms with Crippen molar-refractivity contribution in [2.45, 2.75) is 13.0 Å². The van der Waals surface area contributed by atoms with Gasteiger partial charge < -0.3 is 20.3 Å². The topological polar surface area (TPSA) is 94.7 Å². The molecule has 0 radical (unpaired) electrons. The molecule has 0 aliphatic heterocycles. The number of carbonyl (C=O) groups is 1. The minimum Gasteiger partial charge on any atom is -0.478 e. The van der Waals surface area contributed by atoms with Gasteiger partial charge in [0.25, 0.3) is 0 Å². The van der Waals surface area contributed by atoms with Crippen LogP contribution < -0.4 is 10.5 Å². The Bertz CT molecular complexity index is 381. The van der Waals surface area contributed by atoms with Crippen molar-refractivity contribution in [3.05, 3.63) is 17.8 Å². The molecule has 1 rings (SSSR count). The standard InChI is InChI=1S/C10H14N2O4/c1-6(5-15-2)16-9-8(11)3-7(4-12-9)10(13)14/h3-4,6H,5,11H2,1-2H3,(H,13,14). The number of nitrogens with zero attached hydrogens (tertiary/aromatic N) is 1. The van der Waals surface area contributed by atoms with Gasteiger partial charge in [0, 0.05) is 13.3 Å². The monoisotopic (exact) mass is 226 g/mol. The van der Waals surface area contributed by atoms with Gasteiger partial charge in [0.05, 0.1) is 17.9 Å². The molecular weight excluding hydrogens is 212 g/mol. The smallest absolute Gasteiger partial charge is 0.337 e. The molecule has 3 N–H and O–H groups in total. The first-order valence-corrected chi connectivity index (χ1v) is 4.69. The number of carboxylic acid groups (broad SMARTS) is 1. The molecule has 88 valence electrons. The summed E-state index contributed by atoms with van der Waals surface area (Å²) < 4.78 is 10.3. The van der Waals surface area contributed by atoms with Crippen LogP contribution in [0.15, 0.2) is 12.3 Å². The molecule has 1 aromatic rings. The van der Waals surface area contributed by atoms with Crippen molar-refractivity contribution in [2.24, 2.45) is 0 Å². The van der Waals surface area contributed by atoms with E-state index in [2.05, 4.69) is 4.98 Å². The number of aromatic carboxylic acids is 1. The number of ether oxygens (including phenoxy) is 2. The van der Waals surface area contributed by atoms with Crippen LogP contribution >= 0.6 is 0 Å². The van der Waals surface area contributed by atoms with Crippen LogP contribution in [0.2, 0.25) is 0 Å². The van der Waals surface area contributed by atoms with Crippen LogP contribution in [-0.2, 0) is 4.74 Å². The number of hydrogen-bond acceptors (Lipinski definition) is 5. The first-order valence-electron chi connectivity index (χ1n) is 4.69. The van der Waals surface area contributed by atoms with Crippen molar-refractivity contribution in [1.82, 2.24) is 4.98 Å². The van der Waals surface area contributed by atoms with E-state index < -0.39 is 5.97 Å². The molecular formula is C10H14N2O4. The van der Waals surface area contributed by atoms with Crippen LogP contribution in [0.3, 0.4) is 0 Å². The number of rotatable bonds is 5. The second-order valence-electron chi connectivity index (χ2n) is 3.31. The Labute approximate surface area is 93.0 Å². The molecule has 0 amide bonds. The van der Waals surface area contributed by atoms with E-state index in [9.17, 15) is 4.79 Å². The number of pyridine rings is 1. The lowest BCUT2D eigenvalue weighted by molar-refractivity contribution is 0.0696. The van der Waals surface area contributed by atoms with Crippen molar-refractivity contribution >= 4 is 11.7 Å². The third-order valence-electron chi connectivity index (χ3n) is 1.84. The van der Waals surface area contributed by atoms with E-state index in [-0.39, 0.29) is 23.2 Å². The highest BCUT2D eigenvalue weighted by Crippen LogP contribution is 2.20. The number of anilines is 1. The van der Waals surface area contributed by atoms with Gasteiger partial charge in [0.15, 0.2) is 0 Å². The minimum atomic E-state index is -1.07. The molecule has 0 aliphatic rings. The highest BCUT2D eigenvalue weighted by Gasteiger charge is 2.11. The molecule has 0 aliphatic carbocycles. The first kappa shape index (κ1) is 12.3. The van der Waals surface area contributed by atoms with Crippen LogP contribution in [0.1, 0.15) is 17.3 Å². The molecule has 1 atom stereocenters. The fraction of sp³-hybridized carbons (Fsp3) is 0.400. The fourth-order valence-corrected chi connectivity index (χ4v) is 1.14. The Morgan fingerprint density at radius 2 is 2.38 bits per heavy atom. The lowest BCUT2D eigenvalue weighted by Crippen LogP contribution is -2.19. The summed E-state index contributed by atoms with van der Waals surface area (Å²) in [5.74, 6) is -0.856. The first-order chi connectivity index (χ1) is 7.54. The Balaban J connectivity index is 2.79. The van der Waals surface area contributed by atoms with Gasteiger partial charge in [-0.05, 0) is 13.0 Å². The van der Waals surface area contributed by atoms with Crippen molar-refractivity contribution < 1.29 is 19.4 Å².